The standard InChI is InChI=1S/C22H21N3O6S/c26-19(13-31-15-9-7-14(8-10-15)25(28)29)24-22-20(17-5-1-2-6-18(17)32-22)21(27)23-12-16-4-3-11-30-16/h3-4,7-11H,1-2,5-6,12-13H2,(H,23,27)(H,24,26). The minimum Gasteiger partial charge on any atom is -0.484 e. The molecule has 9 nitrogen and oxygen atoms in total. The quantitative estimate of drug-likeness (QED) is 0.390. The number of hydrogen-bond donors (Lipinski definition) is 2. The average Bonchev–Trinajstić information content (AvgIpc) is 3.44. The second-order valence-electron chi connectivity index (χ2n) is 7.26. The molecule has 32 heavy (non-hydrogen) atoms. The van der Waals surface area contributed by atoms with Crippen molar-refractivity contribution in [3.8, 4) is 5.75 Å². The van der Waals surface area contributed by atoms with Gasteiger partial charge < -0.3 is 19.8 Å². The van der Waals surface area contributed by atoms with E-state index in [0.717, 1.165) is 36.1 Å². The van der Waals surface area contributed by atoms with Crippen LogP contribution in [0.1, 0.15) is 39.4 Å². The Balaban J connectivity index is 1.43. The van der Waals surface area contributed by atoms with Gasteiger partial charge in [-0.3, -0.25) is 19.7 Å². The van der Waals surface area contributed by atoms with Gasteiger partial charge in [-0.05, 0) is 55.5 Å². The highest BCUT2D eigenvalue weighted by Gasteiger charge is 2.26. The van der Waals surface area contributed by atoms with Gasteiger partial charge in [-0.2, -0.15) is 0 Å². The molecule has 0 atom stereocenters. The number of rotatable bonds is 8. The van der Waals surface area contributed by atoms with Crippen molar-refractivity contribution in [1.82, 2.24) is 5.32 Å². The van der Waals surface area contributed by atoms with Gasteiger partial charge >= 0.3 is 0 Å². The van der Waals surface area contributed by atoms with Crippen LogP contribution >= 0.6 is 11.3 Å². The van der Waals surface area contributed by atoms with Gasteiger partial charge in [0.25, 0.3) is 17.5 Å². The zero-order valence-electron chi connectivity index (χ0n) is 17.1. The first-order valence-corrected chi connectivity index (χ1v) is 10.9. The van der Waals surface area contributed by atoms with Gasteiger partial charge in [0.05, 0.1) is 23.3 Å². The summed E-state index contributed by atoms with van der Waals surface area (Å²) in [7, 11) is 0. The van der Waals surface area contributed by atoms with Crippen LogP contribution in [-0.2, 0) is 24.2 Å². The van der Waals surface area contributed by atoms with Crippen LogP contribution in [0.3, 0.4) is 0 Å². The zero-order valence-corrected chi connectivity index (χ0v) is 17.9. The SMILES string of the molecule is O=C(COc1ccc([N+](=O)[O-])cc1)Nc1sc2c(c1C(=O)NCc1ccco1)CCCC2. The van der Waals surface area contributed by atoms with Gasteiger partial charge in [-0.15, -0.1) is 11.3 Å². The van der Waals surface area contributed by atoms with Crippen LogP contribution in [0.15, 0.2) is 47.1 Å². The van der Waals surface area contributed by atoms with E-state index in [1.165, 1.54) is 35.6 Å². The molecule has 0 saturated carbocycles. The van der Waals surface area contributed by atoms with E-state index >= 15 is 0 Å². The van der Waals surface area contributed by atoms with E-state index in [4.69, 9.17) is 9.15 Å². The van der Waals surface area contributed by atoms with E-state index in [-0.39, 0.29) is 24.7 Å². The summed E-state index contributed by atoms with van der Waals surface area (Å²) in [5.74, 6) is 0.312. The average molecular weight is 455 g/mol. The topological polar surface area (TPSA) is 124 Å². The number of hydrogen-bond acceptors (Lipinski definition) is 7. The highest BCUT2D eigenvalue weighted by Crippen LogP contribution is 2.38. The molecule has 0 bridgehead atoms. The fourth-order valence-corrected chi connectivity index (χ4v) is 4.84. The molecule has 2 heterocycles. The zero-order chi connectivity index (χ0) is 22.5. The van der Waals surface area contributed by atoms with Crippen LogP contribution in [0.4, 0.5) is 10.7 Å². The van der Waals surface area contributed by atoms with E-state index in [1.807, 2.05) is 0 Å². The predicted molar refractivity (Wildman–Crippen MR) is 118 cm³/mol. The van der Waals surface area contributed by atoms with Crippen molar-refractivity contribution < 1.29 is 23.7 Å². The molecular formula is C22H21N3O6S. The molecule has 0 radical (unpaired) electrons. The number of amides is 2. The van der Waals surface area contributed by atoms with Crippen molar-refractivity contribution >= 4 is 33.8 Å². The molecule has 1 aromatic carbocycles. The van der Waals surface area contributed by atoms with Crippen molar-refractivity contribution in [2.75, 3.05) is 11.9 Å². The van der Waals surface area contributed by atoms with E-state index < -0.39 is 10.8 Å². The normalized spacial score (nSPS) is 12.6. The van der Waals surface area contributed by atoms with Gasteiger partial charge in [-0.1, -0.05) is 0 Å². The lowest BCUT2D eigenvalue weighted by Gasteiger charge is -2.13. The maximum Gasteiger partial charge on any atom is 0.269 e. The Morgan fingerprint density at radius 3 is 2.66 bits per heavy atom. The Hall–Kier alpha value is -3.66. The monoisotopic (exact) mass is 455 g/mol. The summed E-state index contributed by atoms with van der Waals surface area (Å²) in [6.07, 6.45) is 5.28. The summed E-state index contributed by atoms with van der Waals surface area (Å²) < 4.78 is 10.7. The molecule has 3 aromatic rings. The molecule has 1 aliphatic carbocycles. The number of ether oxygens (including phenoxy) is 1. The van der Waals surface area contributed by atoms with Crippen molar-refractivity contribution in [2.45, 2.75) is 32.2 Å². The molecule has 166 valence electrons. The highest BCUT2D eigenvalue weighted by molar-refractivity contribution is 7.17. The van der Waals surface area contributed by atoms with E-state index in [0.29, 0.717) is 22.1 Å². The summed E-state index contributed by atoms with van der Waals surface area (Å²) in [6.45, 7) is -0.0269. The van der Waals surface area contributed by atoms with Crippen LogP contribution in [0.5, 0.6) is 5.75 Å². The first kappa shape index (κ1) is 21.6. The maximum atomic E-state index is 13.0. The lowest BCUT2D eigenvalue weighted by Crippen LogP contribution is -2.26. The highest BCUT2D eigenvalue weighted by atomic mass is 32.1. The van der Waals surface area contributed by atoms with Crippen molar-refractivity contribution in [2.24, 2.45) is 0 Å². The summed E-state index contributed by atoms with van der Waals surface area (Å²) in [4.78, 5) is 36.8. The third kappa shape index (κ3) is 4.97. The fourth-order valence-electron chi connectivity index (χ4n) is 3.54. The Labute approximate surface area is 187 Å². The first-order chi connectivity index (χ1) is 15.5. The molecule has 2 N–H and O–H groups in total. The molecule has 0 fully saturated rings. The Kier molecular flexibility index (Phi) is 6.50. The third-order valence-corrected chi connectivity index (χ3v) is 6.28. The Morgan fingerprint density at radius 2 is 1.94 bits per heavy atom. The number of non-ortho nitro benzene ring substituents is 1. The van der Waals surface area contributed by atoms with Crippen molar-refractivity contribution in [3.05, 3.63) is 74.5 Å². The van der Waals surface area contributed by atoms with Crippen molar-refractivity contribution in [3.63, 3.8) is 0 Å². The number of thiophene rings is 1. The summed E-state index contributed by atoms with van der Waals surface area (Å²) >= 11 is 1.42. The molecule has 2 aromatic heterocycles. The molecule has 10 heteroatoms. The molecule has 0 aliphatic heterocycles. The molecule has 0 spiro atoms. The summed E-state index contributed by atoms with van der Waals surface area (Å²) in [5.41, 5.74) is 1.43. The van der Waals surface area contributed by atoms with Crippen LogP contribution in [0, 0.1) is 10.1 Å². The molecule has 0 unspecified atom stereocenters. The maximum absolute atomic E-state index is 13.0. The number of benzene rings is 1. The first-order valence-electron chi connectivity index (χ1n) is 10.1. The minimum absolute atomic E-state index is 0.0591. The van der Waals surface area contributed by atoms with Gasteiger partial charge in [0, 0.05) is 17.0 Å². The number of aryl methyl sites for hydroxylation is 1. The van der Waals surface area contributed by atoms with E-state index in [9.17, 15) is 19.7 Å². The van der Waals surface area contributed by atoms with Crippen LogP contribution in [0.2, 0.25) is 0 Å². The largest absolute Gasteiger partial charge is 0.484 e. The lowest BCUT2D eigenvalue weighted by molar-refractivity contribution is -0.384. The lowest BCUT2D eigenvalue weighted by atomic mass is 9.95. The van der Waals surface area contributed by atoms with E-state index in [1.54, 1.807) is 18.4 Å². The summed E-state index contributed by atoms with van der Waals surface area (Å²) in [6, 6.07) is 9.02. The number of carbonyl (C=O) groups is 2. The fraction of sp³-hybridized carbons (Fsp3) is 0.273. The van der Waals surface area contributed by atoms with Crippen LogP contribution in [0.25, 0.3) is 0 Å². The molecule has 1 aliphatic rings. The third-order valence-electron chi connectivity index (χ3n) is 5.07. The van der Waals surface area contributed by atoms with Crippen LogP contribution < -0.4 is 15.4 Å². The smallest absolute Gasteiger partial charge is 0.269 e. The number of anilines is 1. The van der Waals surface area contributed by atoms with Gasteiger partial charge in [-0.25, -0.2) is 0 Å². The number of nitro groups is 1. The number of nitrogens with zero attached hydrogens (tertiary/aromatic N) is 1. The number of nitro benzene ring substituents is 1. The Bertz CT molecular complexity index is 1120. The second-order valence-corrected chi connectivity index (χ2v) is 8.37. The van der Waals surface area contributed by atoms with Gasteiger partial charge in [0.2, 0.25) is 0 Å². The number of fused-ring (bicyclic) bond motifs is 1. The van der Waals surface area contributed by atoms with E-state index in [2.05, 4.69) is 10.6 Å². The number of carbonyl (C=O) groups excluding carboxylic acids is 2. The molecular weight excluding hydrogens is 434 g/mol. The minimum atomic E-state index is -0.506. The van der Waals surface area contributed by atoms with Gasteiger partial charge in [0.1, 0.15) is 16.5 Å². The number of furan rings is 1. The molecule has 2 amide bonds. The number of nitrogens with one attached hydrogen (secondary N) is 2. The summed E-state index contributed by atoms with van der Waals surface area (Å²) in [5, 5.41) is 16.9. The predicted octanol–water partition coefficient (Wildman–Crippen LogP) is 4.08. The Morgan fingerprint density at radius 1 is 1.16 bits per heavy atom. The second kappa shape index (κ2) is 9.65. The van der Waals surface area contributed by atoms with Crippen molar-refractivity contribution in [1.29, 1.82) is 0 Å². The van der Waals surface area contributed by atoms with Gasteiger partial charge in [0.15, 0.2) is 6.61 Å². The molecule has 4 rings (SSSR count). The van der Waals surface area contributed by atoms with Crippen LogP contribution in [-0.4, -0.2) is 23.3 Å². The molecule has 0 saturated heterocycles.